The molecule has 0 spiro atoms. The van der Waals surface area contributed by atoms with Crippen LogP contribution in [0.1, 0.15) is 11.1 Å². The smallest absolute Gasteiger partial charge is 0.276 e. The fourth-order valence-corrected chi connectivity index (χ4v) is 2.68. The SMILES string of the molecule is COc1ccc(CC(=O)NCCc2cc(OC)c(OC)cc2[N+](=O)[O-])cc1F. The molecule has 0 bridgehead atoms. The first kappa shape index (κ1) is 20.9. The summed E-state index contributed by atoms with van der Waals surface area (Å²) in [5, 5.41) is 14.0. The number of nitrogens with zero attached hydrogens (tertiary/aromatic N) is 1. The number of hydrogen-bond acceptors (Lipinski definition) is 6. The van der Waals surface area contributed by atoms with Gasteiger partial charge in [0.2, 0.25) is 5.91 Å². The Morgan fingerprint density at radius 2 is 1.71 bits per heavy atom. The van der Waals surface area contributed by atoms with E-state index in [-0.39, 0.29) is 42.5 Å². The van der Waals surface area contributed by atoms with Crippen molar-refractivity contribution in [1.29, 1.82) is 0 Å². The standard InChI is InChI=1S/C19H21FN2O6/c1-26-16-5-4-12(8-14(16)20)9-19(23)21-7-6-13-10-17(27-2)18(28-3)11-15(13)22(24)25/h4-5,8,10-11H,6-7,9H2,1-3H3,(H,21,23). The largest absolute Gasteiger partial charge is 0.494 e. The van der Waals surface area contributed by atoms with Crippen molar-refractivity contribution in [2.24, 2.45) is 0 Å². The van der Waals surface area contributed by atoms with Crippen LogP contribution in [0.2, 0.25) is 0 Å². The Hall–Kier alpha value is -3.36. The average molecular weight is 392 g/mol. The summed E-state index contributed by atoms with van der Waals surface area (Å²) in [4.78, 5) is 22.8. The van der Waals surface area contributed by atoms with Crippen molar-refractivity contribution in [2.45, 2.75) is 12.8 Å². The Bertz CT molecular complexity index is 872. The first-order valence-corrected chi connectivity index (χ1v) is 8.38. The van der Waals surface area contributed by atoms with E-state index in [0.717, 1.165) is 0 Å². The third kappa shape index (κ3) is 5.09. The van der Waals surface area contributed by atoms with E-state index in [4.69, 9.17) is 14.2 Å². The van der Waals surface area contributed by atoms with Crippen molar-refractivity contribution in [3.63, 3.8) is 0 Å². The number of methoxy groups -OCH3 is 3. The lowest BCUT2D eigenvalue weighted by atomic mass is 10.1. The lowest BCUT2D eigenvalue weighted by molar-refractivity contribution is -0.385. The number of nitro groups is 1. The number of amides is 1. The number of carbonyl (C=O) groups is 1. The number of benzene rings is 2. The van der Waals surface area contributed by atoms with Crippen LogP contribution in [-0.2, 0) is 17.6 Å². The van der Waals surface area contributed by atoms with Crippen molar-refractivity contribution in [3.8, 4) is 17.2 Å². The Balaban J connectivity index is 2.01. The third-order valence-electron chi connectivity index (χ3n) is 4.08. The van der Waals surface area contributed by atoms with E-state index in [1.54, 1.807) is 6.07 Å². The number of carbonyl (C=O) groups excluding carboxylic acids is 1. The molecule has 150 valence electrons. The molecule has 0 saturated carbocycles. The van der Waals surface area contributed by atoms with Gasteiger partial charge in [0.25, 0.3) is 5.69 Å². The molecule has 0 aromatic heterocycles. The molecule has 2 aromatic carbocycles. The highest BCUT2D eigenvalue weighted by Gasteiger charge is 2.19. The molecule has 0 aliphatic carbocycles. The molecule has 8 nitrogen and oxygen atoms in total. The number of halogens is 1. The Kier molecular flexibility index (Phi) is 7.14. The molecule has 28 heavy (non-hydrogen) atoms. The molecule has 2 aromatic rings. The third-order valence-corrected chi connectivity index (χ3v) is 4.08. The zero-order valence-electron chi connectivity index (χ0n) is 15.8. The number of hydrogen-bond donors (Lipinski definition) is 1. The second kappa shape index (κ2) is 9.54. The van der Waals surface area contributed by atoms with Gasteiger partial charge in [-0.05, 0) is 30.2 Å². The first-order valence-electron chi connectivity index (χ1n) is 8.38. The summed E-state index contributed by atoms with van der Waals surface area (Å²) in [6.07, 6.45) is 0.203. The summed E-state index contributed by atoms with van der Waals surface area (Å²) < 4.78 is 28.8. The molecule has 0 heterocycles. The van der Waals surface area contributed by atoms with E-state index < -0.39 is 10.7 Å². The van der Waals surface area contributed by atoms with Gasteiger partial charge in [0.1, 0.15) is 0 Å². The van der Waals surface area contributed by atoms with Gasteiger partial charge < -0.3 is 19.5 Å². The highest BCUT2D eigenvalue weighted by atomic mass is 19.1. The van der Waals surface area contributed by atoms with E-state index in [1.165, 1.54) is 45.6 Å². The Labute approximate surface area is 161 Å². The fraction of sp³-hybridized carbons (Fsp3) is 0.316. The van der Waals surface area contributed by atoms with Crippen LogP contribution < -0.4 is 19.5 Å². The van der Waals surface area contributed by atoms with Crippen LogP contribution >= 0.6 is 0 Å². The maximum absolute atomic E-state index is 13.7. The summed E-state index contributed by atoms with van der Waals surface area (Å²) in [5.41, 5.74) is 0.774. The van der Waals surface area contributed by atoms with E-state index >= 15 is 0 Å². The minimum absolute atomic E-state index is 0.0189. The second-order valence-corrected chi connectivity index (χ2v) is 5.84. The predicted octanol–water partition coefficient (Wildman–Crippen LogP) is 2.66. The topological polar surface area (TPSA) is 99.9 Å². The molecule has 2 rings (SSSR count). The van der Waals surface area contributed by atoms with Crippen LogP contribution in [0.4, 0.5) is 10.1 Å². The van der Waals surface area contributed by atoms with Crippen LogP contribution in [0.25, 0.3) is 0 Å². The van der Waals surface area contributed by atoms with E-state index in [0.29, 0.717) is 16.9 Å². The van der Waals surface area contributed by atoms with Crippen LogP contribution in [-0.4, -0.2) is 38.7 Å². The van der Waals surface area contributed by atoms with Crippen LogP contribution in [0.5, 0.6) is 17.2 Å². The van der Waals surface area contributed by atoms with Crippen molar-refractivity contribution in [1.82, 2.24) is 5.32 Å². The molecule has 9 heteroatoms. The van der Waals surface area contributed by atoms with Crippen molar-refractivity contribution < 1.29 is 28.3 Å². The van der Waals surface area contributed by atoms with Crippen molar-refractivity contribution in [3.05, 3.63) is 57.4 Å². The summed E-state index contributed by atoms with van der Waals surface area (Å²) in [5.74, 6) is -0.155. The highest BCUT2D eigenvalue weighted by Crippen LogP contribution is 2.34. The number of ether oxygens (including phenoxy) is 3. The zero-order valence-corrected chi connectivity index (χ0v) is 15.8. The van der Waals surface area contributed by atoms with Gasteiger partial charge in [-0.3, -0.25) is 14.9 Å². The number of nitro benzene ring substituents is 1. The Morgan fingerprint density at radius 3 is 2.29 bits per heavy atom. The van der Waals surface area contributed by atoms with Crippen molar-refractivity contribution in [2.75, 3.05) is 27.9 Å². The van der Waals surface area contributed by atoms with Gasteiger partial charge in [-0.1, -0.05) is 6.07 Å². The molecule has 0 aliphatic rings. The first-order chi connectivity index (χ1) is 13.4. The van der Waals surface area contributed by atoms with Gasteiger partial charge >= 0.3 is 0 Å². The number of rotatable bonds is 9. The van der Waals surface area contributed by atoms with Gasteiger partial charge in [0.05, 0.1) is 38.7 Å². The monoisotopic (exact) mass is 392 g/mol. The number of nitrogens with one attached hydrogen (secondary N) is 1. The summed E-state index contributed by atoms with van der Waals surface area (Å²) >= 11 is 0. The molecule has 0 unspecified atom stereocenters. The minimum atomic E-state index is -0.547. The van der Waals surface area contributed by atoms with Gasteiger partial charge in [-0.15, -0.1) is 0 Å². The molecule has 0 saturated heterocycles. The zero-order chi connectivity index (χ0) is 20.7. The lowest BCUT2D eigenvalue weighted by Crippen LogP contribution is -2.27. The van der Waals surface area contributed by atoms with Crippen molar-refractivity contribution >= 4 is 11.6 Å². The molecular formula is C19H21FN2O6. The summed E-state index contributed by atoms with van der Waals surface area (Å²) in [7, 11) is 4.19. The summed E-state index contributed by atoms with van der Waals surface area (Å²) in [6, 6.07) is 7.08. The normalized spacial score (nSPS) is 10.3. The van der Waals surface area contributed by atoms with Crippen LogP contribution in [0.3, 0.4) is 0 Å². The van der Waals surface area contributed by atoms with E-state index in [1.807, 2.05) is 0 Å². The lowest BCUT2D eigenvalue weighted by Gasteiger charge is -2.11. The maximum atomic E-state index is 13.7. The predicted molar refractivity (Wildman–Crippen MR) is 99.6 cm³/mol. The molecular weight excluding hydrogens is 371 g/mol. The average Bonchev–Trinajstić information content (AvgIpc) is 2.67. The van der Waals surface area contributed by atoms with Gasteiger partial charge in [0.15, 0.2) is 23.1 Å². The van der Waals surface area contributed by atoms with Crippen LogP contribution in [0, 0.1) is 15.9 Å². The van der Waals surface area contributed by atoms with Gasteiger partial charge in [-0.2, -0.15) is 0 Å². The Morgan fingerprint density at radius 1 is 1.07 bits per heavy atom. The molecule has 1 amide bonds. The van der Waals surface area contributed by atoms with E-state index in [9.17, 15) is 19.3 Å². The molecule has 0 radical (unpaired) electrons. The molecule has 0 fully saturated rings. The quantitative estimate of drug-likeness (QED) is 0.520. The molecule has 0 aliphatic heterocycles. The molecule has 0 atom stereocenters. The molecule has 1 N–H and O–H groups in total. The van der Waals surface area contributed by atoms with E-state index in [2.05, 4.69) is 5.32 Å². The van der Waals surface area contributed by atoms with Crippen LogP contribution in [0.15, 0.2) is 30.3 Å². The second-order valence-electron chi connectivity index (χ2n) is 5.84. The summed E-state index contributed by atoms with van der Waals surface area (Å²) in [6.45, 7) is 0.174. The highest BCUT2D eigenvalue weighted by molar-refractivity contribution is 5.78. The van der Waals surface area contributed by atoms with Gasteiger partial charge in [-0.25, -0.2) is 4.39 Å². The van der Waals surface area contributed by atoms with Gasteiger partial charge in [0, 0.05) is 12.1 Å². The maximum Gasteiger partial charge on any atom is 0.276 e. The fourth-order valence-electron chi connectivity index (χ4n) is 2.68. The minimum Gasteiger partial charge on any atom is -0.494 e.